The van der Waals surface area contributed by atoms with Gasteiger partial charge in [-0.1, -0.05) is 6.92 Å². The summed E-state index contributed by atoms with van der Waals surface area (Å²) in [7, 11) is 0. The van der Waals surface area contributed by atoms with Crippen LogP contribution in [0.5, 0.6) is 0 Å². The molecule has 4 nitrogen and oxygen atoms in total. The number of hydrogen-bond acceptors (Lipinski definition) is 2. The van der Waals surface area contributed by atoms with Crippen LogP contribution in [-0.4, -0.2) is 11.8 Å². The highest BCUT2D eigenvalue weighted by Gasteiger charge is 2.31. The van der Waals surface area contributed by atoms with Gasteiger partial charge in [0.2, 0.25) is 11.8 Å². The first kappa shape index (κ1) is 9.03. The van der Waals surface area contributed by atoms with Crippen LogP contribution >= 0.6 is 0 Å². The van der Waals surface area contributed by atoms with Gasteiger partial charge in [0.1, 0.15) is 0 Å². The van der Waals surface area contributed by atoms with Gasteiger partial charge >= 0.3 is 0 Å². The highest BCUT2D eigenvalue weighted by atomic mass is 16.2. The number of amides is 2. The lowest BCUT2D eigenvalue weighted by Crippen LogP contribution is -2.46. The third-order valence-electron chi connectivity index (χ3n) is 2.11. The summed E-state index contributed by atoms with van der Waals surface area (Å²) in [6.07, 6.45) is 1.87. The number of rotatable bonds is 1. The third-order valence-corrected chi connectivity index (χ3v) is 2.11. The van der Waals surface area contributed by atoms with Crippen LogP contribution in [-0.2, 0) is 9.59 Å². The van der Waals surface area contributed by atoms with Crippen LogP contribution in [0.4, 0.5) is 0 Å². The van der Waals surface area contributed by atoms with Crippen molar-refractivity contribution < 1.29 is 9.59 Å². The highest BCUT2D eigenvalue weighted by molar-refractivity contribution is 5.82. The van der Waals surface area contributed by atoms with Crippen molar-refractivity contribution in [3.8, 4) is 0 Å². The largest absolute Gasteiger partial charge is 0.274 e. The summed E-state index contributed by atoms with van der Waals surface area (Å²) >= 11 is 0. The Bertz CT molecular complexity index is 197. The Balaban J connectivity index is 2.17. The molecule has 0 heterocycles. The van der Waals surface area contributed by atoms with Crippen LogP contribution in [0, 0.1) is 11.8 Å². The van der Waals surface area contributed by atoms with Crippen LogP contribution < -0.4 is 10.9 Å². The van der Waals surface area contributed by atoms with Crippen LogP contribution in [0.25, 0.3) is 0 Å². The minimum absolute atomic E-state index is 0.0664. The molecule has 0 bridgehead atoms. The van der Waals surface area contributed by atoms with Gasteiger partial charge in [-0.3, -0.25) is 20.4 Å². The first-order chi connectivity index (χ1) is 5.59. The zero-order valence-electron chi connectivity index (χ0n) is 7.39. The summed E-state index contributed by atoms with van der Waals surface area (Å²) in [5, 5.41) is 0. The maximum absolute atomic E-state index is 11.1. The minimum Gasteiger partial charge on any atom is -0.274 e. The van der Waals surface area contributed by atoms with Crippen molar-refractivity contribution in [2.24, 2.45) is 11.8 Å². The van der Waals surface area contributed by atoms with E-state index in [1.807, 2.05) is 0 Å². The number of carbonyl (C=O) groups is 2. The molecule has 0 spiro atoms. The lowest BCUT2D eigenvalue weighted by atomic mass is 9.76. The fourth-order valence-corrected chi connectivity index (χ4v) is 1.37. The van der Waals surface area contributed by atoms with Crippen molar-refractivity contribution in [1.82, 2.24) is 10.9 Å². The van der Waals surface area contributed by atoms with E-state index in [0.29, 0.717) is 5.92 Å². The molecular formula is C8H14N2O2. The lowest BCUT2D eigenvalue weighted by molar-refractivity contribution is -0.133. The highest BCUT2D eigenvalue weighted by Crippen LogP contribution is 2.32. The lowest BCUT2D eigenvalue weighted by Gasteiger charge is -2.31. The SMILES string of the molecule is CC(=O)NNC(=O)C1CC(C)C1. The normalized spacial score (nSPS) is 27.2. The molecule has 12 heavy (non-hydrogen) atoms. The molecule has 0 atom stereocenters. The average Bonchev–Trinajstić information content (AvgIpc) is 1.94. The molecular weight excluding hydrogens is 156 g/mol. The molecule has 68 valence electrons. The molecule has 1 fully saturated rings. The summed E-state index contributed by atoms with van der Waals surface area (Å²) in [5.41, 5.74) is 4.64. The van der Waals surface area contributed by atoms with E-state index in [9.17, 15) is 9.59 Å². The Labute approximate surface area is 71.7 Å². The molecule has 0 aliphatic heterocycles. The Morgan fingerprint density at radius 2 is 1.83 bits per heavy atom. The van der Waals surface area contributed by atoms with E-state index in [-0.39, 0.29) is 17.7 Å². The standard InChI is InChI=1S/C8H14N2O2/c1-5-3-7(4-5)8(12)10-9-6(2)11/h5,7H,3-4H2,1-2H3,(H,9,11)(H,10,12). The number of hydrazine groups is 1. The molecule has 0 unspecified atom stereocenters. The van der Waals surface area contributed by atoms with E-state index < -0.39 is 0 Å². The Kier molecular flexibility index (Phi) is 2.68. The second kappa shape index (κ2) is 3.56. The fraction of sp³-hybridized carbons (Fsp3) is 0.750. The van der Waals surface area contributed by atoms with E-state index >= 15 is 0 Å². The quantitative estimate of drug-likeness (QED) is 0.552. The Hall–Kier alpha value is -1.06. The van der Waals surface area contributed by atoms with Crippen LogP contribution in [0.15, 0.2) is 0 Å². The topological polar surface area (TPSA) is 58.2 Å². The van der Waals surface area contributed by atoms with Crippen LogP contribution in [0.2, 0.25) is 0 Å². The summed E-state index contributed by atoms with van der Waals surface area (Å²) in [5.74, 6) is 0.448. The van der Waals surface area contributed by atoms with E-state index in [1.54, 1.807) is 0 Å². The van der Waals surface area contributed by atoms with Gasteiger partial charge in [-0.2, -0.15) is 0 Å². The molecule has 2 N–H and O–H groups in total. The second-order valence-electron chi connectivity index (χ2n) is 3.44. The van der Waals surface area contributed by atoms with Gasteiger partial charge in [0.05, 0.1) is 0 Å². The average molecular weight is 170 g/mol. The predicted octanol–water partition coefficient (Wildman–Crippen LogP) is 0.200. The number of nitrogens with one attached hydrogen (secondary N) is 2. The zero-order valence-corrected chi connectivity index (χ0v) is 7.39. The van der Waals surface area contributed by atoms with Crippen molar-refractivity contribution in [1.29, 1.82) is 0 Å². The molecule has 0 saturated heterocycles. The Morgan fingerprint density at radius 3 is 2.25 bits per heavy atom. The van der Waals surface area contributed by atoms with Crippen molar-refractivity contribution >= 4 is 11.8 Å². The molecule has 0 aromatic rings. The summed E-state index contributed by atoms with van der Waals surface area (Å²) in [6, 6.07) is 0. The molecule has 0 aromatic heterocycles. The molecule has 1 saturated carbocycles. The monoisotopic (exact) mass is 170 g/mol. The molecule has 0 aromatic carbocycles. The van der Waals surface area contributed by atoms with Crippen LogP contribution in [0.3, 0.4) is 0 Å². The molecule has 1 aliphatic carbocycles. The van der Waals surface area contributed by atoms with Crippen molar-refractivity contribution in [2.45, 2.75) is 26.7 Å². The summed E-state index contributed by atoms with van der Waals surface area (Å²) < 4.78 is 0. The van der Waals surface area contributed by atoms with Gasteiger partial charge in [-0.05, 0) is 18.8 Å². The van der Waals surface area contributed by atoms with Gasteiger partial charge < -0.3 is 0 Å². The second-order valence-corrected chi connectivity index (χ2v) is 3.44. The molecule has 2 amide bonds. The van der Waals surface area contributed by atoms with Crippen molar-refractivity contribution in [3.05, 3.63) is 0 Å². The van der Waals surface area contributed by atoms with E-state index in [4.69, 9.17) is 0 Å². The van der Waals surface area contributed by atoms with Gasteiger partial charge in [-0.15, -0.1) is 0 Å². The van der Waals surface area contributed by atoms with Gasteiger partial charge in [0.25, 0.3) is 0 Å². The Morgan fingerprint density at radius 1 is 1.25 bits per heavy atom. The fourth-order valence-electron chi connectivity index (χ4n) is 1.37. The van der Waals surface area contributed by atoms with Gasteiger partial charge in [-0.25, -0.2) is 0 Å². The molecule has 0 radical (unpaired) electrons. The third kappa shape index (κ3) is 2.22. The van der Waals surface area contributed by atoms with E-state index in [0.717, 1.165) is 12.8 Å². The zero-order chi connectivity index (χ0) is 9.14. The van der Waals surface area contributed by atoms with Gasteiger partial charge in [0.15, 0.2) is 0 Å². The molecule has 1 aliphatic rings. The summed E-state index contributed by atoms with van der Waals surface area (Å²) in [6.45, 7) is 3.48. The minimum atomic E-state index is -0.240. The van der Waals surface area contributed by atoms with Gasteiger partial charge in [0, 0.05) is 12.8 Å². The smallest absolute Gasteiger partial charge is 0.241 e. The van der Waals surface area contributed by atoms with Crippen molar-refractivity contribution in [3.63, 3.8) is 0 Å². The maximum Gasteiger partial charge on any atom is 0.241 e. The van der Waals surface area contributed by atoms with Crippen molar-refractivity contribution in [2.75, 3.05) is 0 Å². The van der Waals surface area contributed by atoms with E-state index in [2.05, 4.69) is 17.8 Å². The molecule has 1 rings (SSSR count). The first-order valence-corrected chi connectivity index (χ1v) is 4.16. The molecule has 4 heteroatoms. The number of hydrogen-bond donors (Lipinski definition) is 2. The summed E-state index contributed by atoms with van der Waals surface area (Å²) in [4.78, 5) is 21.6. The number of carbonyl (C=O) groups excluding carboxylic acids is 2. The maximum atomic E-state index is 11.1. The predicted molar refractivity (Wildman–Crippen MR) is 43.8 cm³/mol. The first-order valence-electron chi connectivity index (χ1n) is 4.16. The van der Waals surface area contributed by atoms with E-state index in [1.165, 1.54) is 6.92 Å². The van der Waals surface area contributed by atoms with Crippen LogP contribution in [0.1, 0.15) is 26.7 Å².